The van der Waals surface area contributed by atoms with Crippen molar-refractivity contribution in [1.29, 1.82) is 0 Å². The Kier molecular flexibility index (Phi) is 5.96. The highest BCUT2D eigenvalue weighted by molar-refractivity contribution is 9.11. The van der Waals surface area contributed by atoms with Crippen molar-refractivity contribution < 1.29 is 19.4 Å². The summed E-state index contributed by atoms with van der Waals surface area (Å²) in [5.41, 5.74) is 1.40. The molecule has 0 saturated heterocycles. The van der Waals surface area contributed by atoms with Crippen molar-refractivity contribution in [3.05, 3.63) is 56.6 Å². The first-order valence-electron chi connectivity index (χ1n) is 7.72. The molecule has 1 heterocycles. The lowest BCUT2D eigenvalue weighted by Crippen LogP contribution is -2.33. The second-order valence-electron chi connectivity index (χ2n) is 5.39. The molecule has 0 radical (unpaired) electrons. The van der Waals surface area contributed by atoms with E-state index in [4.69, 9.17) is 9.47 Å². The number of para-hydroxylation sites is 1. The third-order valence-corrected chi connectivity index (χ3v) is 5.47. The molecule has 0 saturated carbocycles. The molecule has 136 valence electrons. The van der Waals surface area contributed by atoms with Gasteiger partial charge in [0.2, 0.25) is 12.1 Å². The first-order valence-corrected chi connectivity index (χ1v) is 9.75. The molecule has 1 aliphatic heterocycles. The average Bonchev–Trinajstić information content (AvgIpc) is 2.62. The second-order valence-corrected chi connectivity index (χ2v) is 7.52. The van der Waals surface area contributed by atoms with Crippen molar-refractivity contribution in [2.24, 2.45) is 0 Å². The number of phenols is 1. The van der Waals surface area contributed by atoms with E-state index < -0.39 is 6.29 Å². The van der Waals surface area contributed by atoms with Crippen LogP contribution >= 0.6 is 44.5 Å². The van der Waals surface area contributed by atoms with E-state index in [1.807, 2.05) is 31.2 Å². The van der Waals surface area contributed by atoms with E-state index in [0.717, 1.165) is 10.6 Å². The van der Waals surface area contributed by atoms with E-state index in [2.05, 4.69) is 49.8 Å². The van der Waals surface area contributed by atoms with Crippen molar-refractivity contribution in [1.82, 2.24) is 0 Å². The Labute approximate surface area is 173 Å². The van der Waals surface area contributed by atoms with Gasteiger partial charge in [-0.1, -0.05) is 12.1 Å². The maximum atomic E-state index is 13.0. The maximum Gasteiger partial charge on any atom is 0.232 e. The predicted molar refractivity (Wildman–Crippen MR) is 109 cm³/mol. The number of hydrogen-bond donors (Lipinski definition) is 3. The largest absolute Gasteiger partial charge is 0.505 e. The van der Waals surface area contributed by atoms with Crippen LogP contribution < -0.4 is 10.1 Å². The zero-order chi connectivity index (χ0) is 18.8. The van der Waals surface area contributed by atoms with Crippen LogP contribution in [0.15, 0.2) is 55.9 Å². The van der Waals surface area contributed by atoms with E-state index in [1.165, 1.54) is 6.07 Å². The summed E-state index contributed by atoms with van der Waals surface area (Å²) in [5.74, 6) is -0.0440. The molecule has 0 bridgehead atoms. The van der Waals surface area contributed by atoms with Gasteiger partial charge in [-0.05, 0) is 57.0 Å². The molecule has 26 heavy (non-hydrogen) atoms. The van der Waals surface area contributed by atoms with Gasteiger partial charge in [0.05, 0.1) is 21.3 Å². The molecule has 3 rings (SSSR count). The number of nitrogens with one attached hydrogen (secondary N) is 1. The van der Waals surface area contributed by atoms with Gasteiger partial charge in [0.15, 0.2) is 5.75 Å². The first-order chi connectivity index (χ1) is 12.4. The first kappa shape index (κ1) is 19.3. The monoisotopic (exact) mass is 499 g/mol. The quantitative estimate of drug-likeness (QED) is 0.400. The van der Waals surface area contributed by atoms with Gasteiger partial charge in [-0.3, -0.25) is 4.79 Å². The SMILES string of the molecule is CCOC1Oc2c(cc(Br)c(O)c2Br)C(=O)/C1=C\Nc1ccccc1S. The molecule has 5 nitrogen and oxygen atoms in total. The number of thiol groups is 1. The molecule has 0 fully saturated rings. The summed E-state index contributed by atoms with van der Waals surface area (Å²) in [4.78, 5) is 13.8. The molecule has 0 amide bonds. The molecule has 0 aromatic heterocycles. The molecule has 0 aliphatic carbocycles. The highest BCUT2D eigenvalue weighted by Crippen LogP contribution is 2.45. The van der Waals surface area contributed by atoms with Gasteiger partial charge in [-0.2, -0.15) is 0 Å². The van der Waals surface area contributed by atoms with E-state index in [0.29, 0.717) is 26.7 Å². The molecule has 8 heteroatoms. The molecule has 2 N–H and O–H groups in total. The second kappa shape index (κ2) is 8.04. The molecular weight excluding hydrogens is 486 g/mol. The van der Waals surface area contributed by atoms with Gasteiger partial charge < -0.3 is 19.9 Å². The summed E-state index contributed by atoms with van der Waals surface area (Å²) in [5, 5.41) is 13.1. The van der Waals surface area contributed by atoms with Crippen LogP contribution in [0.2, 0.25) is 0 Å². The molecular formula is C18H15Br2NO4S. The van der Waals surface area contributed by atoms with Crippen LogP contribution in [0.3, 0.4) is 0 Å². The Bertz CT molecular complexity index is 901. The summed E-state index contributed by atoms with van der Waals surface area (Å²) < 4.78 is 12.1. The van der Waals surface area contributed by atoms with E-state index >= 15 is 0 Å². The Morgan fingerprint density at radius 1 is 1.38 bits per heavy atom. The van der Waals surface area contributed by atoms with Gasteiger partial charge in [0.25, 0.3) is 0 Å². The van der Waals surface area contributed by atoms with Crippen LogP contribution in [0.1, 0.15) is 17.3 Å². The van der Waals surface area contributed by atoms with Crippen LogP contribution in [0.4, 0.5) is 5.69 Å². The summed E-state index contributed by atoms with van der Waals surface area (Å²) in [6.45, 7) is 2.17. The van der Waals surface area contributed by atoms with Crippen molar-refractivity contribution in [3.8, 4) is 11.5 Å². The van der Waals surface area contributed by atoms with Crippen molar-refractivity contribution >= 4 is 56.0 Å². The zero-order valence-corrected chi connectivity index (χ0v) is 17.7. The number of carbonyl (C=O) groups is 1. The fraction of sp³-hybridized carbons (Fsp3) is 0.167. The highest BCUT2D eigenvalue weighted by Gasteiger charge is 2.35. The number of anilines is 1. The van der Waals surface area contributed by atoms with Crippen LogP contribution in [0, 0.1) is 0 Å². The van der Waals surface area contributed by atoms with E-state index in [9.17, 15) is 9.90 Å². The Hall–Kier alpha value is -1.48. The van der Waals surface area contributed by atoms with Crippen molar-refractivity contribution in [2.45, 2.75) is 18.1 Å². The average molecular weight is 501 g/mol. The van der Waals surface area contributed by atoms with Crippen LogP contribution in [0.5, 0.6) is 11.5 Å². The molecule has 1 atom stereocenters. The number of hydrogen-bond acceptors (Lipinski definition) is 6. The minimum atomic E-state index is -0.892. The number of Topliss-reactive ketones (excluding diaryl/α,β-unsaturated/α-hetero) is 1. The predicted octanol–water partition coefficient (Wildman–Crippen LogP) is 5.14. The normalized spacial score (nSPS) is 17.8. The van der Waals surface area contributed by atoms with Gasteiger partial charge in [0.1, 0.15) is 10.2 Å². The van der Waals surface area contributed by atoms with Gasteiger partial charge >= 0.3 is 0 Å². The molecule has 1 aliphatic rings. The van der Waals surface area contributed by atoms with Crippen LogP contribution in [-0.4, -0.2) is 23.8 Å². The van der Waals surface area contributed by atoms with E-state index in [1.54, 1.807) is 6.20 Å². The smallest absolute Gasteiger partial charge is 0.232 e. The van der Waals surface area contributed by atoms with Gasteiger partial charge in [-0.25, -0.2) is 0 Å². The number of benzene rings is 2. The lowest BCUT2D eigenvalue weighted by Gasteiger charge is -2.28. The molecule has 2 aromatic rings. The summed E-state index contributed by atoms with van der Waals surface area (Å²) in [7, 11) is 0. The van der Waals surface area contributed by atoms with Crippen LogP contribution in [0.25, 0.3) is 0 Å². The molecule has 1 unspecified atom stereocenters. The minimum absolute atomic E-state index is 0.0404. The third kappa shape index (κ3) is 3.64. The van der Waals surface area contributed by atoms with Crippen molar-refractivity contribution in [3.63, 3.8) is 0 Å². The summed E-state index contributed by atoms with van der Waals surface area (Å²) in [6.07, 6.45) is 0.673. The number of phenolic OH excluding ortho intramolecular Hbond substituents is 1. The number of halogens is 2. The standard InChI is InChI=1S/C18H15Br2NO4S/c1-2-24-18-10(8-21-12-5-3-4-6-13(12)26)15(22)9-7-11(19)16(23)14(20)17(9)25-18/h3-8,18,21,23,26H,2H2,1H3/b10-8+. The number of fused-ring (bicyclic) bond motifs is 1. The number of ketones is 1. The topological polar surface area (TPSA) is 67.8 Å². The lowest BCUT2D eigenvalue weighted by atomic mass is 9.99. The Balaban J connectivity index is 2.03. The number of rotatable bonds is 4. The third-order valence-electron chi connectivity index (χ3n) is 3.74. The van der Waals surface area contributed by atoms with Gasteiger partial charge in [0, 0.05) is 17.7 Å². The minimum Gasteiger partial charge on any atom is -0.505 e. The van der Waals surface area contributed by atoms with Gasteiger partial charge in [-0.15, -0.1) is 12.6 Å². The highest BCUT2D eigenvalue weighted by atomic mass is 79.9. The number of aromatic hydroxyl groups is 1. The fourth-order valence-electron chi connectivity index (χ4n) is 2.47. The molecule has 2 aromatic carbocycles. The number of ether oxygens (including phenoxy) is 2. The Morgan fingerprint density at radius 3 is 2.81 bits per heavy atom. The Morgan fingerprint density at radius 2 is 2.12 bits per heavy atom. The van der Waals surface area contributed by atoms with Crippen LogP contribution in [-0.2, 0) is 4.74 Å². The summed E-state index contributed by atoms with van der Waals surface area (Å²) in [6, 6.07) is 8.96. The lowest BCUT2D eigenvalue weighted by molar-refractivity contribution is -0.0514. The zero-order valence-electron chi connectivity index (χ0n) is 13.6. The van der Waals surface area contributed by atoms with Crippen molar-refractivity contribution in [2.75, 3.05) is 11.9 Å². The molecule has 0 spiro atoms. The maximum absolute atomic E-state index is 13.0. The fourth-order valence-corrected chi connectivity index (χ4v) is 3.91. The number of carbonyl (C=O) groups excluding carboxylic acids is 1. The summed E-state index contributed by atoms with van der Waals surface area (Å²) >= 11 is 10.9. The van der Waals surface area contributed by atoms with E-state index in [-0.39, 0.29) is 17.3 Å².